The molecule has 0 aliphatic rings. The van der Waals surface area contributed by atoms with Gasteiger partial charge in [-0.15, -0.1) is 0 Å². The summed E-state index contributed by atoms with van der Waals surface area (Å²) in [6, 6.07) is 6.50. The van der Waals surface area contributed by atoms with E-state index in [1.165, 1.54) is 16.7 Å². The summed E-state index contributed by atoms with van der Waals surface area (Å²) >= 11 is 0. The molecule has 3 heteroatoms. The van der Waals surface area contributed by atoms with Gasteiger partial charge in [0.25, 0.3) is 0 Å². The van der Waals surface area contributed by atoms with Crippen molar-refractivity contribution in [2.24, 2.45) is 0 Å². The summed E-state index contributed by atoms with van der Waals surface area (Å²) in [6.07, 6.45) is 0. The third-order valence-electron chi connectivity index (χ3n) is 3.11. The molecule has 1 heterocycles. The lowest BCUT2D eigenvalue weighted by Crippen LogP contribution is -2.12. The summed E-state index contributed by atoms with van der Waals surface area (Å²) < 4.78 is 0. The molecule has 0 saturated carbocycles. The highest BCUT2D eigenvalue weighted by molar-refractivity contribution is 5.66. The Hall–Kier alpha value is -1.61. The van der Waals surface area contributed by atoms with Crippen LogP contribution in [-0.4, -0.2) is 16.5 Å². The highest BCUT2D eigenvalue weighted by Gasteiger charge is 2.10. The molecule has 1 aromatic heterocycles. The van der Waals surface area contributed by atoms with Gasteiger partial charge in [-0.05, 0) is 32.9 Å². The van der Waals surface area contributed by atoms with Crippen LogP contribution < -0.4 is 5.32 Å². The van der Waals surface area contributed by atoms with Crippen LogP contribution in [0.2, 0.25) is 0 Å². The smallest absolute Gasteiger partial charge is 0.121 e. The minimum atomic E-state index is 0.794. The molecular formula is C15H21N3. The molecule has 2 rings (SSSR count). The summed E-state index contributed by atoms with van der Waals surface area (Å²) in [4.78, 5) is 8.04. The van der Waals surface area contributed by atoms with Crippen LogP contribution in [0.4, 0.5) is 0 Å². The SMILES string of the molecule is CCNCc1nc(-c2ccc(C)cc2C)c(C)[nH]1. The molecule has 0 spiro atoms. The van der Waals surface area contributed by atoms with Crippen molar-refractivity contribution >= 4 is 0 Å². The number of benzene rings is 1. The predicted octanol–water partition coefficient (Wildman–Crippen LogP) is 3.11. The fourth-order valence-electron chi connectivity index (χ4n) is 2.19. The van der Waals surface area contributed by atoms with E-state index in [9.17, 15) is 0 Å². The van der Waals surface area contributed by atoms with Gasteiger partial charge < -0.3 is 10.3 Å². The molecule has 0 unspecified atom stereocenters. The van der Waals surface area contributed by atoms with E-state index in [4.69, 9.17) is 0 Å². The van der Waals surface area contributed by atoms with Crippen LogP contribution in [0.3, 0.4) is 0 Å². The first kappa shape index (κ1) is 12.8. The van der Waals surface area contributed by atoms with Crippen LogP contribution in [0, 0.1) is 20.8 Å². The number of H-pyrrole nitrogens is 1. The summed E-state index contributed by atoms with van der Waals surface area (Å²) in [5.41, 5.74) is 5.99. The second-order valence-corrected chi connectivity index (χ2v) is 4.76. The Balaban J connectivity index is 2.35. The molecule has 0 radical (unpaired) electrons. The average molecular weight is 243 g/mol. The van der Waals surface area contributed by atoms with Gasteiger partial charge in [0.1, 0.15) is 5.82 Å². The first-order chi connectivity index (χ1) is 8.61. The minimum Gasteiger partial charge on any atom is -0.344 e. The maximum Gasteiger partial charge on any atom is 0.121 e. The van der Waals surface area contributed by atoms with Crippen LogP contribution in [-0.2, 0) is 6.54 Å². The second kappa shape index (κ2) is 5.36. The van der Waals surface area contributed by atoms with Gasteiger partial charge in [-0.1, -0.05) is 30.7 Å². The van der Waals surface area contributed by atoms with Gasteiger partial charge in [0.2, 0.25) is 0 Å². The number of nitrogens with one attached hydrogen (secondary N) is 2. The summed E-state index contributed by atoms with van der Waals surface area (Å²) in [6.45, 7) is 10.2. The molecule has 0 bridgehead atoms. The topological polar surface area (TPSA) is 40.7 Å². The van der Waals surface area contributed by atoms with Crippen molar-refractivity contribution < 1.29 is 0 Å². The molecule has 0 aliphatic heterocycles. The normalized spacial score (nSPS) is 10.9. The van der Waals surface area contributed by atoms with E-state index in [1.807, 2.05) is 0 Å². The van der Waals surface area contributed by atoms with Gasteiger partial charge in [-0.3, -0.25) is 0 Å². The van der Waals surface area contributed by atoms with Crippen LogP contribution in [0.15, 0.2) is 18.2 Å². The van der Waals surface area contributed by atoms with Gasteiger partial charge in [-0.25, -0.2) is 4.98 Å². The number of nitrogens with zero attached hydrogens (tertiary/aromatic N) is 1. The number of rotatable bonds is 4. The first-order valence-corrected chi connectivity index (χ1v) is 6.45. The molecule has 0 atom stereocenters. The molecule has 1 aromatic carbocycles. The fraction of sp³-hybridized carbons (Fsp3) is 0.400. The lowest BCUT2D eigenvalue weighted by Gasteiger charge is -2.04. The van der Waals surface area contributed by atoms with Crippen molar-refractivity contribution in [2.75, 3.05) is 6.54 Å². The number of aromatic nitrogens is 2. The Bertz CT molecular complexity index is 541. The Kier molecular flexibility index (Phi) is 3.82. The second-order valence-electron chi connectivity index (χ2n) is 4.76. The maximum absolute atomic E-state index is 4.69. The monoisotopic (exact) mass is 243 g/mol. The number of aryl methyl sites for hydroxylation is 3. The largest absolute Gasteiger partial charge is 0.344 e. The van der Waals surface area contributed by atoms with Gasteiger partial charge in [0.05, 0.1) is 12.2 Å². The van der Waals surface area contributed by atoms with E-state index in [0.29, 0.717) is 0 Å². The molecule has 2 aromatic rings. The molecule has 0 fully saturated rings. The van der Waals surface area contributed by atoms with E-state index in [2.05, 4.69) is 61.2 Å². The Labute approximate surface area is 109 Å². The molecule has 3 nitrogen and oxygen atoms in total. The van der Waals surface area contributed by atoms with Gasteiger partial charge >= 0.3 is 0 Å². The zero-order valence-corrected chi connectivity index (χ0v) is 11.6. The third-order valence-corrected chi connectivity index (χ3v) is 3.11. The molecule has 0 saturated heterocycles. The Morgan fingerprint density at radius 2 is 2.00 bits per heavy atom. The van der Waals surface area contributed by atoms with Crippen molar-refractivity contribution in [1.82, 2.24) is 15.3 Å². The maximum atomic E-state index is 4.69. The lowest BCUT2D eigenvalue weighted by molar-refractivity contribution is 0.697. The van der Waals surface area contributed by atoms with Crippen molar-refractivity contribution in [2.45, 2.75) is 34.2 Å². The fourth-order valence-corrected chi connectivity index (χ4v) is 2.19. The molecular weight excluding hydrogens is 222 g/mol. The van der Waals surface area contributed by atoms with Crippen LogP contribution in [0.25, 0.3) is 11.3 Å². The summed E-state index contributed by atoms with van der Waals surface area (Å²) in [5, 5.41) is 3.29. The third kappa shape index (κ3) is 2.62. The standard InChI is InChI=1S/C15H21N3/c1-5-16-9-14-17-12(4)15(18-14)13-7-6-10(2)8-11(13)3/h6-8,16H,5,9H2,1-4H3,(H,17,18). The minimum absolute atomic E-state index is 0.794. The Morgan fingerprint density at radius 1 is 1.22 bits per heavy atom. The van der Waals surface area contributed by atoms with Crippen LogP contribution in [0.5, 0.6) is 0 Å². The number of hydrogen-bond donors (Lipinski definition) is 2. The highest BCUT2D eigenvalue weighted by atomic mass is 15.0. The molecule has 0 aliphatic carbocycles. The van der Waals surface area contributed by atoms with Crippen LogP contribution in [0.1, 0.15) is 29.6 Å². The van der Waals surface area contributed by atoms with E-state index in [0.717, 1.165) is 30.3 Å². The molecule has 2 N–H and O–H groups in total. The van der Waals surface area contributed by atoms with Crippen molar-refractivity contribution in [1.29, 1.82) is 0 Å². The summed E-state index contributed by atoms with van der Waals surface area (Å²) in [5.74, 6) is 1.00. The highest BCUT2D eigenvalue weighted by Crippen LogP contribution is 2.25. The van der Waals surface area contributed by atoms with Gasteiger partial charge in [-0.2, -0.15) is 0 Å². The zero-order chi connectivity index (χ0) is 13.1. The molecule has 0 amide bonds. The predicted molar refractivity (Wildman–Crippen MR) is 75.6 cm³/mol. The van der Waals surface area contributed by atoms with Crippen LogP contribution >= 0.6 is 0 Å². The first-order valence-electron chi connectivity index (χ1n) is 6.45. The Morgan fingerprint density at radius 3 is 2.67 bits per heavy atom. The van der Waals surface area contributed by atoms with E-state index >= 15 is 0 Å². The van der Waals surface area contributed by atoms with Gasteiger partial charge in [0, 0.05) is 11.3 Å². The number of aromatic amines is 1. The molecule has 18 heavy (non-hydrogen) atoms. The van der Waals surface area contributed by atoms with Crippen molar-refractivity contribution in [3.63, 3.8) is 0 Å². The van der Waals surface area contributed by atoms with E-state index in [-0.39, 0.29) is 0 Å². The zero-order valence-electron chi connectivity index (χ0n) is 11.6. The average Bonchev–Trinajstić information content (AvgIpc) is 2.68. The van der Waals surface area contributed by atoms with E-state index < -0.39 is 0 Å². The lowest BCUT2D eigenvalue weighted by atomic mass is 10.0. The van der Waals surface area contributed by atoms with Gasteiger partial charge in [0.15, 0.2) is 0 Å². The number of imidazole rings is 1. The summed E-state index contributed by atoms with van der Waals surface area (Å²) in [7, 11) is 0. The van der Waals surface area contributed by atoms with Crippen molar-refractivity contribution in [3.05, 3.63) is 40.8 Å². The molecule has 96 valence electrons. The number of hydrogen-bond acceptors (Lipinski definition) is 2. The quantitative estimate of drug-likeness (QED) is 0.866. The van der Waals surface area contributed by atoms with Crippen molar-refractivity contribution in [3.8, 4) is 11.3 Å². The van der Waals surface area contributed by atoms with E-state index in [1.54, 1.807) is 0 Å².